The maximum Gasteiger partial charge on any atom is 0.412 e. The third kappa shape index (κ3) is 6.34. The Balaban J connectivity index is 1.91. The number of nitrogens with zero attached hydrogens (tertiary/aromatic N) is 3. The molecule has 2 aromatic heterocycles. The quantitative estimate of drug-likeness (QED) is 0.296. The van der Waals surface area contributed by atoms with E-state index >= 15 is 0 Å². The van der Waals surface area contributed by atoms with Gasteiger partial charge in [-0.2, -0.15) is 5.10 Å². The Labute approximate surface area is 228 Å². The van der Waals surface area contributed by atoms with Crippen molar-refractivity contribution >= 4 is 34.4 Å². The normalized spacial score (nSPS) is 12.1. The molecule has 1 atom stereocenters. The van der Waals surface area contributed by atoms with Gasteiger partial charge in [-0.1, -0.05) is 23.6 Å². The van der Waals surface area contributed by atoms with Crippen molar-refractivity contribution in [2.75, 3.05) is 12.4 Å². The van der Waals surface area contributed by atoms with Crippen molar-refractivity contribution in [2.45, 2.75) is 31.9 Å². The van der Waals surface area contributed by atoms with E-state index in [-0.39, 0.29) is 12.2 Å². The van der Waals surface area contributed by atoms with Crippen LogP contribution in [0.1, 0.15) is 36.8 Å². The van der Waals surface area contributed by atoms with Crippen molar-refractivity contribution in [3.05, 3.63) is 76.1 Å². The number of anilines is 1. The summed E-state index contributed by atoms with van der Waals surface area (Å²) in [4.78, 5) is 16.6. The average molecular weight is 554 g/mol. The van der Waals surface area contributed by atoms with Crippen LogP contribution < -0.4 is 11.1 Å². The molecule has 1 unspecified atom stereocenters. The van der Waals surface area contributed by atoms with E-state index in [2.05, 4.69) is 27.2 Å². The summed E-state index contributed by atoms with van der Waals surface area (Å²) in [7, 11) is 2.93. The van der Waals surface area contributed by atoms with Crippen molar-refractivity contribution in [1.29, 1.82) is 0 Å². The van der Waals surface area contributed by atoms with Crippen molar-refractivity contribution in [3.8, 4) is 23.0 Å². The first kappa shape index (κ1) is 28.0. The topological polar surface area (TPSA) is 115 Å². The van der Waals surface area contributed by atoms with E-state index in [0.717, 1.165) is 6.07 Å². The highest BCUT2D eigenvalue weighted by atomic mass is 35.5. The molecule has 4 rings (SSSR count). The highest BCUT2D eigenvalue weighted by Crippen LogP contribution is 2.39. The number of rotatable bonds is 5. The molecular formula is C28H26ClF2N5O3. The molecule has 0 bridgehead atoms. The minimum atomic E-state index is -1.25. The summed E-state index contributed by atoms with van der Waals surface area (Å²) < 4.78 is 34.0. The molecule has 0 fully saturated rings. The van der Waals surface area contributed by atoms with Gasteiger partial charge in [0.15, 0.2) is 5.82 Å². The number of aryl methyl sites for hydroxylation is 1. The molecule has 0 aliphatic carbocycles. The highest BCUT2D eigenvalue weighted by Gasteiger charge is 2.23. The monoisotopic (exact) mass is 553 g/mol. The van der Waals surface area contributed by atoms with Gasteiger partial charge in [-0.05, 0) is 62.1 Å². The van der Waals surface area contributed by atoms with Crippen molar-refractivity contribution in [1.82, 2.24) is 14.8 Å². The van der Waals surface area contributed by atoms with E-state index in [1.54, 1.807) is 49.8 Å². The standard InChI is InChI=1S/C28H26ClF2N5O3/c1-28(2,38)10-9-18-5-6-19(24(33-18)22(32)13-15-11-16(30)14-17(31)12-15)20-7-8-21(29)23-25(20)36(3)35-26(23)34-27(37)39-4/h5-8,11-12,14,22,38H,13,32H2,1-4H3,(H,34,35,37). The summed E-state index contributed by atoms with van der Waals surface area (Å²) in [5.41, 5.74) is 8.27. The van der Waals surface area contributed by atoms with Crippen LogP contribution in [0, 0.1) is 23.5 Å². The second kappa shape index (κ2) is 11.0. The highest BCUT2D eigenvalue weighted by molar-refractivity contribution is 6.37. The molecule has 8 nitrogen and oxygen atoms in total. The molecule has 2 aromatic carbocycles. The Bertz CT molecular complexity index is 1620. The summed E-state index contributed by atoms with van der Waals surface area (Å²) in [6.07, 6.45) is -0.633. The number of pyridine rings is 1. The van der Waals surface area contributed by atoms with Gasteiger partial charge in [0.1, 0.15) is 22.9 Å². The lowest BCUT2D eigenvalue weighted by Crippen LogP contribution is -2.17. The summed E-state index contributed by atoms with van der Waals surface area (Å²) in [5, 5.41) is 17.8. The zero-order chi connectivity index (χ0) is 28.5. The predicted octanol–water partition coefficient (Wildman–Crippen LogP) is 5.11. The van der Waals surface area contributed by atoms with Gasteiger partial charge in [-0.25, -0.2) is 18.6 Å². The fraction of sp³-hybridized carbons (Fsp3) is 0.250. The predicted molar refractivity (Wildman–Crippen MR) is 145 cm³/mol. The van der Waals surface area contributed by atoms with Crippen LogP contribution in [0.25, 0.3) is 22.0 Å². The van der Waals surface area contributed by atoms with Crippen molar-refractivity contribution in [3.63, 3.8) is 0 Å². The summed E-state index contributed by atoms with van der Waals surface area (Å²) in [6, 6.07) is 9.30. The number of halogens is 3. The number of hydrogen-bond donors (Lipinski definition) is 3. The second-order valence-corrected chi connectivity index (χ2v) is 9.84. The Kier molecular flexibility index (Phi) is 7.88. The number of carbonyl (C=O) groups is 1. The summed E-state index contributed by atoms with van der Waals surface area (Å²) in [5.74, 6) is 4.34. The van der Waals surface area contributed by atoms with Gasteiger partial charge < -0.3 is 15.6 Å². The largest absolute Gasteiger partial charge is 0.453 e. The molecule has 0 aliphatic heterocycles. The molecule has 4 aromatic rings. The Morgan fingerprint density at radius 2 is 1.87 bits per heavy atom. The first-order chi connectivity index (χ1) is 18.4. The van der Waals surface area contributed by atoms with Gasteiger partial charge >= 0.3 is 6.09 Å². The zero-order valence-electron chi connectivity index (χ0n) is 21.6. The SMILES string of the molecule is COC(=O)Nc1nn(C)c2c(-c3ccc(C#CC(C)(C)O)nc3C(N)Cc3cc(F)cc(F)c3)ccc(Cl)c12. The van der Waals surface area contributed by atoms with E-state index < -0.39 is 29.4 Å². The van der Waals surface area contributed by atoms with Crippen LogP contribution in [0.5, 0.6) is 0 Å². The van der Waals surface area contributed by atoms with Gasteiger partial charge in [0, 0.05) is 24.2 Å². The number of fused-ring (bicyclic) bond motifs is 1. The molecule has 39 heavy (non-hydrogen) atoms. The minimum Gasteiger partial charge on any atom is -0.453 e. The number of nitrogens with one attached hydrogen (secondary N) is 1. The van der Waals surface area contributed by atoms with Gasteiger partial charge in [0.05, 0.1) is 34.8 Å². The number of aliphatic hydroxyl groups is 1. The van der Waals surface area contributed by atoms with Crippen LogP contribution in [0.15, 0.2) is 42.5 Å². The van der Waals surface area contributed by atoms with E-state index in [9.17, 15) is 18.7 Å². The minimum absolute atomic E-state index is 0.0777. The van der Waals surface area contributed by atoms with Gasteiger partial charge in [0.2, 0.25) is 0 Å². The molecule has 202 valence electrons. The van der Waals surface area contributed by atoms with E-state index in [1.807, 2.05) is 0 Å². The Morgan fingerprint density at radius 3 is 2.51 bits per heavy atom. The molecular weight excluding hydrogens is 528 g/mol. The third-order valence-electron chi connectivity index (χ3n) is 5.78. The number of aromatic nitrogens is 3. The first-order valence-electron chi connectivity index (χ1n) is 11.8. The molecule has 0 saturated heterocycles. The Hall–Kier alpha value is -4.04. The number of nitrogens with two attached hydrogens (primary N) is 1. The van der Waals surface area contributed by atoms with Crippen molar-refractivity contribution in [2.24, 2.45) is 12.8 Å². The van der Waals surface area contributed by atoms with Crippen LogP contribution in [0.3, 0.4) is 0 Å². The maximum absolute atomic E-state index is 13.9. The van der Waals surface area contributed by atoms with Crippen LogP contribution in [-0.2, 0) is 18.2 Å². The number of hydrogen-bond acceptors (Lipinski definition) is 6. The number of ether oxygens (including phenoxy) is 1. The molecule has 2 heterocycles. The number of amides is 1. The van der Waals surface area contributed by atoms with Crippen LogP contribution >= 0.6 is 11.6 Å². The molecule has 0 saturated carbocycles. The third-order valence-corrected chi connectivity index (χ3v) is 6.10. The molecule has 0 radical (unpaired) electrons. The van der Waals surface area contributed by atoms with Gasteiger partial charge in [-0.3, -0.25) is 10.00 Å². The smallest absolute Gasteiger partial charge is 0.412 e. The number of methoxy groups -OCH3 is 1. The van der Waals surface area contributed by atoms with Gasteiger partial charge in [-0.15, -0.1) is 0 Å². The second-order valence-electron chi connectivity index (χ2n) is 9.43. The Morgan fingerprint density at radius 1 is 1.21 bits per heavy atom. The van der Waals surface area contributed by atoms with Crippen LogP contribution in [-0.4, -0.2) is 38.7 Å². The van der Waals surface area contributed by atoms with E-state index in [4.69, 9.17) is 22.1 Å². The maximum atomic E-state index is 13.9. The fourth-order valence-corrected chi connectivity index (χ4v) is 4.42. The fourth-order valence-electron chi connectivity index (χ4n) is 4.18. The molecule has 0 spiro atoms. The first-order valence-corrected chi connectivity index (χ1v) is 12.2. The lowest BCUT2D eigenvalue weighted by Gasteiger charge is -2.18. The number of carbonyl (C=O) groups excluding carboxylic acids is 1. The molecule has 11 heteroatoms. The molecule has 0 aliphatic rings. The average Bonchev–Trinajstić information content (AvgIpc) is 3.18. The lowest BCUT2D eigenvalue weighted by molar-refractivity contribution is 0.143. The van der Waals surface area contributed by atoms with Crippen molar-refractivity contribution < 1.29 is 23.4 Å². The summed E-state index contributed by atoms with van der Waals surface area (Å²) >= 11 is 6.51. The van der Waals surface area contributed by atoms with E-state index in [0.29, 0.717) is 44.0 Å². The molecule has 1 amide bonds. The molecule has 4 N–H and O–H groups in total. The van der Waals surface area contributed by atoms with Gasteiger partial charge in [0.25, 0.3) is 0 Å². The number of benzene rings is 2. The van der Waals surface area contributed by atoms with Crippen LogP contribution in [0.4, 0.5) is 19.4 Å². The lowest BCUT2D eigenvalue weighted by atomic mass is 9.94. The van der Waals surface area contributed by atoms with E-state index in [1.165, 1.54) is 19.2 Å². The van der Waals surface area contributed by atoms with Crippen LogP contribution in [0.2, 0.25) is 5.02 Å². The zero-order valence-corrected chi connectivity index (χ0v) is 22.4. The summed E-state index contributed by atoms with van der Waals surface area (Å²) in [6.45, 7) is 3.10.